The van der Waals surface area contributed by atoms with Crippen molar-refractivity contribution in [2.24, 2.45) is 0 Å². The Morgan fingerprint density at radius 3 is 2.95 bits per heavy atom. The SMILES string of the molecule is CC1CN(C(=O)Cc2ccc(F)c(Br)c2)CCN1.Cl. The molecule has 0 saturated carbocycles. The second kappa shape index (κ2) is 7.22. The zero-order valence-corrected chi connectivity index (χ0v) is 13.1. The summed E-state index contributed by atoms with van der Waals surface area (Å²) in [5.41, 5.74) is 0.833. The molecule has 1 aliphatic heterocycles. The number of carbonyl (C=O) groups excluding carboxylic acids is 1. The summed E-state index contributed by atoms with van der Waals surface area (Å²) in [6, 6.07) is 5.04. The van der Waals surface area contributed by atoms with Crippen LogP contribution in [0, 0.1) is 5.82 Å². The third-order valence-corrected chi connectivity index (χ3v) is 3.67. The highest BCUT2D eigenvalue weighted by Gasteiger charge is 2.20. The van der Waals surface area contributed by atoms with E-state index >= 15 is 0 Å². The number of hydrogen-bond acceptors (Lipinski definition) is 2. The van der Waals surface area contributed by atoms with Gasteiger partial charge in [0.1, 0.15) is 5.82 Å². The first-order valence-electron chi connectivity index (χ1n) is 6.01. The lowest BCUT2D eigenvalue weighted by Crippen LogP contribution is -2.51. The van der Waals surface area contributed by atoms with Gasteiger partial charge in [0.15, 0.2) is 0 Å². The minimum absolute atomic E-state index is 0. The predicted octanol–water partition coefficient (Wildman–Crippen LogP) is 2.37. The fraction of sp³-hybridized carbons (Fsp3) is 0.462. The molecule has 1 amide bonds. The summed E-state index contributed by atoms with van der Waals surface area (Å²) in [5.74, 6) is -0.205. The van der Waals surface area contributed by atoms with Gasteiger partial charge in [-0.1, -0.05) is 6.07 Å². The summed E-state index contributed by atoms with van der Waals surface area (Å²) in [6.07, 6.45) is 0.325. The number of amides is 1. The first kappa shape index (κ1) is 16.4. The zero-order chi connectivity index (χ0) is 13.1. The Morgan fingerprint density at radius 1 is 1.58 bits per heavy atom. The highest BCUT2D eigenvalue weighted by Crippen LogP contribution is 2.17. The second-order valence-electron chi connectivity index (χ2n) is 4.62. The van der Waals surface area contributed by atoms with E-state index in [2.05, 4.69) is 28.2 Å². The normalized spacial score (nSPS) is 18.9. The zero-order valence-electron chi connectivity index (χ0n) is 10.7. The van der Waals surface area contributed by atoms with E-state index in [1.54, 1.807) is 12.1 Å². The first-order valence-corrected chi connectivity index (χ1v) is 6.80. The van der Waals surface area contributed by atoms with Crippen LogP contribution < -0.4 is 5.32 Å². The van der Waals surface area contributed by atoms with Gasteiger partial charge in [0.25, 0.3) is 0 Å². The third-order valence-electron chi connectivity index (χ3n) is 3.06. The first-order chi connectivity index (χ1) is 8.56. The number of halogens is 3. The summed E-state index contributed by atoms with van der Waals surface area (Å²) in [5, 5.41) is 3.30. The maximum atomic E-state index is 13.1. The highest BCUT2D eigenvalue weighted by atomic mass is 79.9. The molecule has 1 aromatic rings. The molecular weight excluding hydrogens is 335 g/mol. The monoisotopic (exact) mass is 350 g/mol. The van der Waals surface area contributed by atoms with Gasteiger partial charge in [-0.25, -0.2) is 4.39 Å². The topological polar surface area (TPSA) is 32.3 Å². The van der Waals surface area contributed by atoms with Crippen LogP contribution in [0.4, 0.5) is 4.39 Å². The fourth-order valence-electron chi connectivity index (χ4n) is 2.09. The minimum atomic E-state index is -0.304. The van der Waals surface area contributed by atoms with E-state index in [-0.39, 0.29) is 24.1 Å². The second-order valence-corrected chi connectivity index (χ2v) is 5.47. The van der Waals surface area contributed by atoms with Gasteiger partial charge in [0.2, 0.25) is 5.91 Å². The molecule has 1 atom stereocenters. The van der Waals surface area contributed by atoms with Crippen molar-refractivity contribution in [2.75, 3.05) is 19.6 Å². The van der Waals surface area contributed by atoms with E-state index in [4.69, 9.17) is 0 Å². The molecule has 1 unspecified atom stereocenters. The van der Waals surface area contributed by atoms with Crippen molar-refractivity contribution in [3.63, 3.8) is 0 Å². The maximum absolute atomic E-state index is 13.1. The van der Waals surface area contributed by atoms with Gasteiger partial charge in [-0.05, 0) is 40.5 Å². The van der Waals surface area contributed by atoms with Crippen molar-refractivity contribution in [1.29, 1.82) is 0 Å². The highest BCUT2D eigenvalue weighted by molar-refractivity contribution is 9.10. The van der Waals surface area contributed by atoms with Crippen LogP contribution in [0.15, 0.2) is 22.7 Å². The van der Waals surface area contributed by atoms with Crippen LogP contribution in [0.3, 0.4) is 0 Å². The molecule has 1 N–H and O–H groups in total. The lowest BCUT2D eigenvalue weighted by atomic mass is 10.1. The summed E-state index contributed by atoms with van der Waals surface area (Å²) in [6.45, 7) is 4.38. The smallest absolute Gasteiger partial charge is 0.227 e. The Hall–Kier alpha value is -0.650. The van der Waals surface area contributed by atoms with E-state index in [9.17, 15) is 9.18 Å². The average Bonchev–Trinajstić information content (AvgIpc) is 2.34. The van der Waals surface area contributed by atoms with Crippen molar-refractivity contribution < 1.29 is 9.18 Å². The van der Waals surface area contributed by atoms with Gasteiger partial charge in [-0.2, -0.15) is 0 Å². The summed E-state index contributed by atoms with van der Waals surface area (Å²) in [4.78, 5) is 14.0. The van der Waals surface area contributed by atoms with Crippen molar-refractivity contribution in [3.8, 4) is 0 Å². The van der Waals surface area contributed by atoms with Crippen molar-refractivity contribution in [3.05, 3.63) is 34.1 Å². The Morgan fingerprint density at radius 2 is 2.32 bits per heavy atom. The van der Waals surface area contributed by atoms with E-state index in [1.807, 2.05) is 4.90 Å². The van der Waals surface area contributed by atoms with Crippen LogP contribution in [0.5, 0.6) is 0 Å². The lowest BCUT2D eigenvalue weighted by molar-refractivity contribution is -0.131. The number of piperazine rings is 1. The molecule has 19 heavy (non-hydrogen) atoms. The molecule has 0 spiro atoms. The van der Waals surface area contributed by atoms with Crippen molar-refractivity contribution in [1.82, 2.24) is 10.2 Å². The number of carbonyl (C=O) groups is 1. The summed E-state index contributed by atoms with van der Waals surface area (Å²) < 4.78 is 13.5. The number of rotatable bonds is 2. The van der Waals surface area contributed by atoms with Crippen LogP contribution in [0.25, 0.3) is 0 Å². The van der Waals surface area contributed by atoms with Crippen LogP contribution in [-0.4, -0.2) is 36.5 Å². The van der Waals surface area contributed by atoms with Crippen LogP contribution >= 0.6 is 28.3 Å². The molecule has 0 radical (unpaired) electrons. The molecule has 106 valence electrons. The van der Waals surface area contributed by atoms with Gasteiger partial charge in [-0.15, -0.1) is 12.4 Å². The molecule has 1 fully saturated rings. The molecule has 1 saturated heterocycles. The van der Waals surface area contributed by atoms with Gasteiger partial charge in [-0.3, -0.25) is 4.79 Å². The maximum Gasteiger partial charge on any atom is 0.227 e. The number of hydrogen-bond donors (Lipinski definition) is 1. The molecule has 3 nitrogen and oxygen atoms in total. The molecule has 1 heterocycles. The molecule has 1 aromatic carbocycles. The average molecular weight is 352 g/mol. The number of nitrogens with zero attached hydrogens (tertiary/aromatic N) is 1. The molecule has 0 aliphatic carbocycles. The van der Waals surface area contributed by atoms with Crippen molar-refractivity contribution >= 4 is 34.2 Å². The van der Waals surface area contributed by atoms with E-state index in [0.717, 1.165) is 25.2 Å². The van der Waals surface area contributed by atoms with Crippen LogP contribution in [-0.2, 0) is 11.2 Å². The third kappa shape index (κ3) is 4.44. The van der Waals surface area contributed by atoms with Crippen LogP contribution in [0.2, 0.25) is 0 Å². The van der Waals surface area contributed by atoms with Gasteiger partial charge in [0, 0.05) is 25.7 Å². The predicted molar refractivity (Wildman–Crippen MR) is 79.1 cm³/mol. The molecule has 2 rings (SSSR count). The van der Waals surface area contributed by atoms with Gasteiger partial charge in [0.05, 0.1) is 10.9 Å². The van der Waals surface area contributed by atoms with Crippen molar-refractivity contribution in [2.45, 2.75) is 19.4 Å². The van der Waals surface area contributed by atoms with E-state index < -0.39 is 0 Å². The van der Waals surface area contributed by atoms with Gasteiger partial charge >= 0.3 is 0 Å². The molecular formula is C13H17BrClFN2O. The quantitative estimate of drug-likeness (QED) is 0.887. The minimum Gasteiger partial charge on any atom is -0.340 e. The standard InChI is InChI=1S/C13H16BrFN2O.ClH/c1-9-8-17(5-4-16-9)13(18)7-10-2-3-12(15)11(14)6-10;/h2-3,6,9,16H,4-5,7-8H2,1H3;1H. The van der Waals surface area contributed by atoms with Gasteiger partial charge < -0.3 is 10.2 Å². The molecule has 0 bridgehead atoms. The molecule has 0 aromatic heterocycles. The molecule has 1 aliphatic rings. The Balaban J connectivity index is 0.00000180. The Bertz CT molecular complexity index is 458. The lowest BCUT2D eigenvalue weighted by Gasteiger charge is -2.32. The Kier molecular flexibility index (Phi) is 6.23. The number of nitrogens with one attached hydrogen (secondary N) is 1. The van der Waals surface area contributed by atoms with E-state index in [1.165, 1.54) is 6.07 Å². The number of benzene rings is 1. The Labute approximate surface area is 127 Å². The summed E-state index contributed by atoms with van der Waals surface area (Å²) in [7, 11) is 0. The van der Waals surface area contributed by atoms with Crippen LogP contribution in [0.1, 0.15) is 12.5 Å². The fourth-order valence-corrected chi connectivity index (χ4v) is 2.52. The largest absolute Gasteiger partial charge is 0.340 e. The molecule has 6 heteroatoms. The van der Waals surface area contributed by atoms with E-state index in [0.29, 0.717) is 16.9 Å². The summed E-state index contributed by atoms with van der Waals surface area (Å²) >= 11 is 3.13.